The van der Waals surface area contributed by atoms with Gasteiger partial charge in [-0.15, -0.1) is 0 Å². The van der Waals surface area contributed by atoms with Crippen molar-refractivity contribution in [3.8, 4) is 17.2 Å². The highest BCUT2D eigenvalue weighted by atomic mass is 16.5. The Morgan fingerprint density at radius 2 is 1.75 bits per heavy atom. The molecule has 0 aliphatic rings. The lowest BCUT2D eigenvalue weighted by molar-refractivity contribution is -0.121. The van der Waals surface area contributed by atoms with Crippen LogP contribution in [0.5, 0.6) is 17.2 Å². The van der Waals surface area contributed by atoms with Crippen molar-refractivity contribution >= 4 is 5.91 Å². The molecular formula is C19H23NO4. The Labute approximate surface area is 142 Å². The average Bonchev–Trinajstić information content (AvgIpc) is 2.60. The molecule has 2 rings (SSSR count). The highest BCUT2D eigenvalue weighted by Gasteiger charge is 2.13. The van der Waals surface area contributed by atoms with Crippen LogP contribution in [0.1, 0.15) is 24.1 Å². The molecular weight excluding hydrogens is 306 g/mol. The Bertz CT molecular complexity index is 700. The summed E-state index contributed by atoms with van der Waals surface area (Å²) in [6.45, 7) is 1.94. The van der Waals surface area contributed by atoms with E-state index in [4.69, 9.17) is 14.2 Å². The molecule has 2 aromatic carbocycles. The van der Waals surface area contributed by atoms with E-state index in [1.54, 1.807) is 21.3 Å². The Morgan fingerprint density at radius 3 is 2.42 bits per heavy atom. The largest absolute Gasteiger partial charge is 0.497 e. The third kappa shape index (κ3) is 4.41. The van der Waals surface area contributed by atoms with Gasteiger partial charge in [0, 0.05) is 0 Å². The molecule has 0 heterocycles. The first kappa shape index (κ1) is 17.7. The maximum atomic E-state index is 12.3. The van der Waals surface area contributed by atoms with E-state index in [9.17, 15) is 4.79 Å². The van der Waals surface area contributed by atoms with Crippen molar-refractivity contribution in [3.05, 3.63) is 53.6 Å². The predicted octanol–water partition coefficient (Wildman–Crippen LogP) is 3.13. The van der Waals surface area contributed by atoms with Crippen molar-refractivity contribution in [1.82, 2.24) is 5.32 Å². The molecule has 128 valence electrons. The van der Waals surface area contributed by atoms with Crippen molar-refractivity contribution in [2.75, 3.05) is 21.3 Å². The zero-order valence-electron chi connectivity index (χ0n) is 14.5. The van der Waals surface area contributed by atoms with Gasteiger partial charge in [-0.3, -0.25) is 4.79 Å². The fourth-order valence-corrected chi connectivity index (χ4v) is 2.47. The second-order valence-corrected chi connectivity index (χ2v) is 5.43. The van der Waals surface area contributed by atoms with E-state index in [-0.39, 0.29) is 11.9 Å². The van der Waals surface area contributed by atoms with Crippen LogP contribution in [0.2, 0.25) is 0 Å². The molecule has 0 aromatic heterocycles. The molecule has 0 bridgehead atoms. The van der Waals surface area contributed by atoms with E-state index in [1.807, 2.05) is 49.4 Å². The predicted molar refractivity (Wildman–Crippen MR) is 92.8 cm³/mol. The van der Waals surface area contributed by atoms with Gasteiger partial charge in [-0.2, -0.15) is 0 Å². The van der Waals surface area contributed by atoms with Gasteiger partial charge in [-0.1, -0.05) is 18.2 Å². The van der Waals surface area contributed by atoms with Crippen molar-refractivity contribution in [2.24, 2.45) is 0 Å². The number of methoxy groups -OCH3 is 3. The number of hydrogen-bond donors (Lipinski definition) is 1. The van der Waals surface area contributed by atoms with Crippen LogP contribution in [-0.2, 0) is 11.2 Å². The molecule has 0 radical (unpaired) electrons. The smallest absolute Gasteiger partial charge is 0.224 e. The maximum absolute atomic E-state index is 12.3. The first-order valence-electron chi connectivity index (χ1n) is 7.71. The first-order valence-corrected chi connectivity index (χ1v) is 7.71. The average molecular weight is 329 g/mol. The second-order valence-electron chi connectivity index (χ2n) is 5.43. The van der Waals surface area contributed by atoms with Crippen molar-refractivity contribution in [2.45, 2.75) is 19.4 Å². The minimum Gasteiger partial charge on any atom is -0.497 e. The summed E-state index contributed by atoms with van der Waals surface area (Å²) in [5.41, 5.74) is 1.86. The molecule has 0 spiro atoms. The van der Waals surface area contributed by atoms with Crippen LogP contribution >= 0.6 is 0 Å². The molecule has 5 heteroatoms. The van der Waals surface area contributed by atoms with Crippen LogP contribution < -0.4 is 19.5 Å². The Balaban J connectivity index is 2.03. The molecule has 1 amide bonds. The zero-order valence-corrected chi connectivity index (χ0v) is 14.5. The highest BCUT2D eigenvalue weighted by Crippen LogP contribution is 2.29. The third-order valence-corrected chi connectivity index (χ3v) is 3.78. The molecule has 0 aliphatic carbocycles. The summed E-state index contributed by atoms with van der Waals surface area (Å²) in [6.07, 6.45) is 0.300. The van der Waals surface area contributed by atoms with Gasteiger partial charge in [0.05, 0.1) is 33.8 Å². The van der Waals surface area contributed by atoms with Gasteiger partial charge in [-0.05, 0) is 42.3 Å². The fourth-order valence-electron chi connectivity index (χ4n) is 2.47. The number of carbonyl (C=O) groups excluding carboxylic acids is 1. The van der Waals surface area contributed by atoms with Crippen LogP contribution in [0.4, 0.5) is 0 Å². The number of rotatable bonds is 7. The SMILES string of the molecule is COc1cccc(CC(=O)NC(C)c2ccc(OC)c(OC)c2)c1. The highest BCUT2D eigenvalue weighted by molar-refractivity contribution is 5.79. The lowest BCUT2D eigenvalue weighted by Crippen LogP contribution is -2.28. The Kier molecular flexibility index (Phi) is 6.07. The lowest BCUT2D eigenvalue weighted by atomic mass is 10.1. The van der Waals surface area contributed by atoms with Gasteiger partial charge < -0.3 is 19.5 Å². The summed E-state index contributed by atoms with van der Waals surface area (Å²) >= 11 is 0. The summed E-state index contributed by atoms with van der Waals surface area (Å²) in [6, 6.07) is 13.0. The molecule has 0 fully saturated rings. The maximum Gasteiger partial charge on any atom is 0.224 e. The monoisotopic (exact) mass is 329 g/mol. The topological polar surface area (TPSA) is 56.8 Å². The van der Waals surface area contributed by atoms with Gasteiger partial charge in [-0.25, -0.2) is 0 Å². The van der Waals surface area contributed by atoms with E-state index >= 15 is 0 Å². The minimum atomic E-state index is -0.136. The van der Waals surface area contributed by atoms with Crippen LogP contribution in [0.15, 0.2) is 42.5 Å². The molecule has 1 N–H and O–H groups in total. The number of amides is 1. The van der Waals surface area contributed by atoms with E-state index in [2.05, 4.69) is 5.32 Å². The summed E-state index contributed by atoms with van der Waals surface area (Å²) in [5.74, 6) is 2.00. The number of ether oxygens (including phenoxy) is 3. The van der Waals surface area contributed by atoms with E-state index < -0.39 is 0 Å². The summed E-state index contributed by atoms with van der Waals surface area (Å²) < 4.78 is 15.7. The molecule has 0 aliphatic heterocycles. The van der Waals surface area contributed by atoms with E-state index in [0.717, 1.165) is 16.9 Å². The Morgan fingerprint density at radius 1 is 1.00 bits per heavy atom. The first-order chi connectivity index (χ1) is 11.6. The number of nitrogens with one attached hydrogen (secondary N) is 1. The minimum absolute atomic E-state index is 0.0504. The van der Waals surface area contributed by atoms with E-state index in [0.29, 0.717) is 17.9 Å². The standard InChI is InChI=1S/C19H23NO4/c1-13(15-8-9-17(23-3)18(12-15)24-4)20-19(21)11-14-6-5-7-16(10-14)22-2/h5-10,12-13H,11H2,1-4H3,(H,20,21). The number of benzene rings is 2. The Hall–Kier alpha value is -2.69. The fraction of sp³-hybridized carbons (Fsp3) is 0.316. The molecule has 0 saturated heterocycles. The number of carbonyl (C=O) groups is 1. The summed E-state index contributed by atoms with van der Waals surface area (Å²) in [4.78, 5) is 12.3. The molecule has 5 nitrogen and oxygen atoms in total. The van der Waals surface area contributed by atoms with E-state index in [1.165, 1.54) is 0 Å². The molecule has 24 heavy (non-hydrogen) atoms. The van der Waals surface area contributed by atoms with Gasteiger partial charge in [0.2, 0.25) is 5.91 Å². The van der Waals surface area contributed by atoms with Crippen molar-refractivity contribution in [1.29, 1.82) is 0 Å². The summed E-state index contributed by atoms with van der Waals surface area (Å²) in [7, 11) is 4.79. The number of hydrogen-bond acceptors (Lipinski definition) is 4. The van der Waals surface area contributed by atoms with Gasteiger partial charge >= 0.3 is 0 Å². The van der Waals surface area contributed by atoms with Crippen LogP contribution in [0.25, 0.3) is 0 Å². The molecule has 2 aromatic rings. The quantitative estimate of drug-likeness (QED) is 0.848. The van der Waals surface area contributed by atoms with Crippen molar-refractivity contribution in [3.63, 3.8) is 0 Å². The molecule has 1 atom stereocenters. The third-order valence-electron chi connectivity index (χ3n) is 3.78. The van der Waals surface area contributed by atoms with Crippen molar-refractivity contribution < 1.29 is 19.0 Å². The molecule has 0 saturated carbocycles. The van der Waals surface area contributed by atoms with Crippen LogP contribution in [0, 0.1) is 0 Å². The second kappa shape index (κ2) is 8.24. The van der Waals surface area contributed by atoms with Gasteiger partial charge in [0.1, 0.15) is 5.75 Å². The lowest BCUT2D eigenvalue weighted by Gasteiger charge is -2.16. The van der Waals surface area contributed by atoms with Crippen LogP contribution in [-0.4, -0.2) is 27.2 Å². The normalized spacial score (nSPS) is 11.5. The summed E-state index contributed by atoms with van der Waals surface area (Å²) in [5, 5.41) is 2.99. The zero-order chi connectivity index (χ0) is 17.5. The van der Waals surface area contributed by atoms with Gasteiger partial charge in [0.15, 0.2) is 11.5 Å². The van der Waals surface area contributed by atoms with Crippen LogP contribution in [0.3, 0.4) is 0 Å². The molecule has 1 unspecified atom stereocenters. The van der Waals surface area contributed by atoms with Gasteiger partial charge in [0.25, 0.3) is 0 Å².